The summed E-state index contributed by atoms with van der Waals surface area (Å²) in [6, 6.07) is 7.41. The van der Waals surface area contributed by atoms with E-state index in [0.29, 0.717) is 5.56 Å². The van der Waals surface area contributed by atoms with Crippen molar-refractivity contribution in [3.8, 4) is 0 Å². The van der Waals surface area contributed by atoms with E-state index in [-0.39, 0.29) is 29.8 Å². The Bertz CT molecular complexity index is 870. The van der Waals surface area contributed by atoms with E-state index >= 15 is 0 Å². The molecule has 0 aliphatic heterocycles. The normalized spacial score (nSPS) is 13.6. The average molecular weight is 396 g/mol. The Balaban J connectivity index is 1.73. The number of anilines is 1. The Morgan fingerprint density at radius 2 is 2.04 bits per heavy atom. The van der Waals surface area contributed by atoms with Gasteiger partial charge in [-0.2, -0.15) is 0 Å². The highest BCUT2D eigenvalue weighted by atomic mass is 35.5. The summed E-state index contributed by atoms with van der Waals surface area (Å²) in [6.45, 7) is 0.0545. The lowest BCUT2D eigenvalue weighted by atomic mass is 10.2. The van der Waals surface area contributed by atoms with Gasteiger partial charge >= 0.3 is 0 Å². The monoisotopic (exact) mass is 395 g/mol. The van der Waals surface area contributed by atoms with Crippen LogP contribution in [0, 0.1) is 21.7 Å². The quantitative estimate of drug-likeness (QED) is 0.565. The zero-order chi connectivity index (χ0) is 19.6. The number of nitro benzene ring substituents is 1. The van der Waals surface area contributed by atoms with E-state index < -0.39 is 28.2 Å². The minimum atomic E-state index is -0.770. The largest absolute Gasteiger partial charge is 0.319 e. The lowest BCUT2D eigenvalue weighted by Crippen LogP contribution is -2.35. The van der Waals surface area contributed by atoms with Crippen LogP contribution < -0.4 is 5.32 Å². The Labute approximate surface area is 158 Å². The second-order valence-electron chi connectivity index (χ2n) is 6.30. The van der Waals surface area contributed by atoms with Crippen LogP contribution in [0.25, 0.3) is 0 Å². The van der Waals surface area contributed by atoms with Crippen molar-refractivity contribution < 1.29 is 18.5 Å². The maximum atomic E-state index is 14.0. The molecule has 142 valence electrons. The Morgan fingerprint density at radius 1 is 1.30 bits per heavy atom. The van der Waals surface area contributed by atoms with Gasteiger partial charge in [-0.05, 0) is 37.1 Å². The van der Waals surface area contributed by atoms with E-state index in [1.165, 1.54) is 12.1 Å². The molecule has 1 saturated carbocycles. The molecule has 0 spiro atoms. The van der Waals surface area contributed by atoms with Crippen LogP contribution in [0.2, 0.25) is 5.02 Å². The highest BCUT2D eigenvalue weighted by Gasteiger charge is 2.31. The number of nitrogens with zero attached hydrogens (tertiary/aromatic N) is 2. The zero-order valence-corrected chi connectivity index (χ0v) is 14.9. The van der Waals surface area contributed by atoms with Crippen molar-refractivity contribution in [3.63, 3.8) is 0 Å². The molecule has 6 nitrogen and oxygen atoms in total. The third-order valence-electron chi connectivity index (χ3n) is 4.26. The molecule has 0 unspecified atom stereocenters. The van der Waals surface area contributed by atoms with Gasteiger partial charge in [-0.25, -0.2) is 8.78 Å². The fourth-order valence-electron chi connectivity index (χ4n) is 2.78. The molecule has 3 rings (SSSR count). The lowest BCUT2D eigenvalue weighted by Gasteiger charge is -2.22. The first kappa shape index (κ1) is 19.2. The summed E-state index contributed by atoms with van der Waals surface area (Å²) >= 11 is 6.06. The van der Waals surface area contributed by atoms with Gasteiger partial charge in [0.05, 0.1) is 17.5 Å². The van der Waals surface area contributed by atoms with Crippen LogP contribution in [0.3, 0.4) is 0 Å². The van der Waals surface area contributed by atoms with Gasteiger partial charge in [-0.3, -0.25) is 19.8 Å². The van der Waals surface area contributed by atoms with Crippen LogP contribution >= 0.6 is 11.6 Å². The summed E-state index contributed by atoms with van der Waals surface area (Å²) < 4.78 is 27.3. The van der Waals surface area contributed by atoms with Gasteiger partial charge in [0.1, 0.15) is 17.3 Å². The molecule has 1 fully saturated rings. The van der Waals surface area contributed by atoms with Gasteiger partial charge in [0, 0.05) is 23.2 Å². The van der Waals surface area contributed by atoms with Gasteiger partial charge in [0.25, 0.3) is 5.69 Å². The summed E-state index contributed by atoms with van der Waals surface area (Å²) in [5.74, 6) is -1.74. The van der Waals surface area contributed by atoms with Gasteiger partial charge in [0.2, 0.25) is 5.91 Å². The summed E-state index contributed by atoms with van der Waals surface area (Å²) in [5, 5.41) is 13.7. The van der Waals surface area contributed by atoms with E-state index in [1.54, 1.807) is 11.0 Å². The summed E-state index contributed by atoms with van der Waals surface area (Å²) in [5.41, 5.74) is -0.323. The van der Waals surface area contributed by atoms with Gasteiger partial charge in [0.15, 0.2) is 0 Å². The second kappa shape index (κ2) is 7.98. The number of hydrogen-bond donors (Lipinski definition) is 1. The van der Waals surface area contributed by atoms with E-state index in [2.05, 4.69) is 5.32 Å². The molecule has 1 aliphatic rings. The third-order valence-corrected chi connectivity index (χ3v) is 4.62. The molecular weight excluding hydrogens is 380 g/mol. The average Bonchev–Trinajstić information content (AvgIpc) is 3.43. The number of carbonyl (C=O) groups excluding carboxylic acids is 1. The summed E-state index contributed by atoms with van der Waals surface area (Å²) in [7, 11) is 0. The first-order valence-corrected chi connectivity index (χ1v) is 8.63. The maximum Gasteiger partial charge on any atom is 0.295 e. The molecule has 1 amide bonds. The fourth-order valence-corrected chi connectivity index (χ4v) is 3.00. The van der Waals surface area contributed by atoms with Crippen molar-refractivity contribution in [2.75, 3.05) is 11.9 Å². The number of halogens is 3. The standard InChI is InChI=1S/C18H16ClF2N3O3/c19-14-2-1-3-15(21)13(14)9-23(12-5-6-12)10-18(25)22-16-7-4-11(20)8-17(16)24(26)27/h1-4,7-8,12H,5-6,9-10H2,(H,22,25). The second-order valence-corrected chi connectivity index (χ2v) is 6.71. The van der Waals surface area contributed by atoms with Crippen molar-refractivity contribution in [2.24, 2.45) is 0 Å². The smallest absolute Gasteiger partial charge is 0.295 e. The first-order valence-electron chi connectivity index (χ1n) is 8.26. The summed E-state index contributed by atoms with van der Waals surface area (Å²) in [6.07, 6.45) is 1.74. The minimum absolute atomic E-state index is 0.0916. The van der Waals surface area contributed by atoms with Crippen LogP contribution in [-0.2, 0) is 11.3 Å². The van der Waals surface area contributed by atoms with Gasteiger partial charge in [-0.1, -0.05) is 17.7 Å². The molecule has 9 heteroatoms. The van der Waals surface area contributed by atoms with Gasteiger partial charge in [-0.15, -0.1) is 0 Å². The highest BCUT2D eigenvalue weighted by molar-refractivity contribution is 6.31. The predicted octanol–water partition coefficient (Wildman–Crippen LogP) is 4.13. The number of hydrogen-bond acceptors (Lipinski definition) is 4. The van der Waals surface area contributed by atoms with Crippen molar-refractivity contribution in [3.05, 3.63) is 68.7 Å². The van der Waals surface area contributed by atoms with Crippen molar-refractivity contribution in [1.29, 1.82) is 0 Å². The minimum Gasteiger partial charge on any atom is -0.319 e. The molecule has 27 heavy (non-hydrogen) atoms. The van der Waals surface area contributed by atoms with E-state index in [1.807, 2.05) is 0 Å². The molecular formula is C18H16ClF2N3O3. The molecule has 0 heterocycles. The van der Waals surface area contributed by atoms with Crippen molar-refractivity contribution >= 4 is 28.9 Å². The van der Waals surface area contributed by atoms with Gasteiger partial charge < -0.3 is 5.32 Å². The Kier molecular flexibility index (Phi) is 5.67. The van der Waals surface area contributed by atoms with E-state index in [9.17, 15) is 23.7 Å². The molecule has 0 atom stereocenters. The Hall–Kier alpha value is -2.58. The molecule has 0 saturated heterocycles. The Morgan fingerprint density at radius 3 is 2.67 bits per heavy atom. The molecule has 1 aliphatic carbocycles. The molecule has 0 bridgehead atoms. The number of nitro groups is 1. The van der Waals surface area contributed by atoms with Crippen LogP contribution in [0.15, 0.2) is 36.4 Å². The van der Waals surface area contributed by atoms with Crippen LogP contribution in [0.4, 0.5) is 20.2 Å². The number of rotatable bonds is 7. The van der Waals surface area contributed by atoms with Crippen LogP contribution in [0.1, 0.15) is 18.4 Å². The molecule has 0 radical (unpaired) electrons. The van der Waals surface area contributed by atoms with Crippen LogP contribution in [-0.4, -0.2) is 28.3 Å². The molecule has 2 aromatic carbocycles. The number of nitrogens with one attached hydrogen (secondary N) is 1. The lowest BCUT2D eigenvalue weighted by molar-refractivity contribution is -0.384. The van der Waals surface area contributed by atoms with E-state index in [0.717, 1.165) is 31.0 Å². The number of amides is 1. The first-order chi connectivity index (χ1) is 12.8. The molecule has 1 N–H and O–H groups in total. The van der Waals surface area contributed by atoms with Crippen LogP contribution in [0.5, 0.6) is 0 Å². The maximum absolute atomic E-state index is 14.0. The summed E-state index contributed by atoms with van der Waals surface area (Å²) in [4.78, 5) is 24.4. The number of benzene rings is 2. The fraction of sp³-hybridized carbons (Fsp3) is 0.278. The zero-order valence-electron chi connectivity index (χ0n) is 14.1. The van der Waals surface area contributed by atoms with Crippen molar-refractivity contribution in [2.45, 2.75) is 25.4 Å². The topological polar surface area (TPSA) is 75.5 Å². The highest BCUT2D eigenvalue weighted by Crippen LogP contribution is 2.31. The predicted molar refractivity (Wildman–Crippen MR) is 96.5 cm³/mol. The molecule has 0 aromatic heterocycles. The third kappa shape index (κ3) is 4.78. The number of carbonyl (C=O) groups is 1. The van der Waals surface area contributed by atoms with E-state index in [4.69, 9.17) is 11.6 Å². The van der Waals surface area contributed by atoms with Crippen molar-refractivity contribution in [1.82, 2.24) is 4.90 Å². The SMILES string of the molecule is O=C(CN(Cc1c(F)cccc1Cl)C1CC1)Nc1ccc(F)cc1[N+](=O)[O-]. The molecule has 2 aromatic rings.